The molecule has 6 nitrogen and oxygen atoms in total. The van der Waals surface area contributed by atoms with Crippen LogP contribution in [0.1, 0.15) is 136 Å². The first-order chi connectivity index (χ1) is 17.1. The Bertz CT molecular complexity index is 564. The highest BCUT2D eigenvalue weighted by molar-refractivity contribution is 7.47. The molecule has 7 heteroatoms. The third-order valence-electron chi connectivity index (χ3n) is 6.83. The van der Waals surface area contributed by atoms with Crippen molar-refractivity contribution in [2.24, 2.45) is 5.92 Å². The summed E-state index contributed by atoms with van der Waals surface area (Å²) in [7, 11) is 2.14. The van der Waals surface area contributed by atoms with Crippen molar-refractivity contribution in [1.82, 2.24) is 0 Å². The highest BCUT2D eigenvalue weighted by atomic mass is 31.2. The van der Waals surface area contributed by atoms with E-state index in [1.54, 1.807) is 0 Å². The Balaban J connectivity index is 3.93. The number of phosphoric acid groups is 1. The number of Topliss-reactive ketones (excluding diaryl/α,β-unsaturated/α-hetero) is 1. The average molecular weight is 535 g/mol. The van der Waals surface area contributed by atoms with Crippen LogP contribution in [0.4, 0.5) is 0 Å². The minimum absolute atomic E-state index is 0.0188. The van der Waals surface area contributed by atoms with Gasteiger partial charge in [0, 0.05) is 19.3 Å². The van der Waals surface area contributed by atoms with Gasteiger partial charge in [0.25, 0.3) is 0 Å². The molecule has 0 aromatic rings. The summed E-state index contributed by atoms with van der Waals surface area (Å²) in [5.41, 5.74) is 0. The highest BCUT2D eigenvalue weighted by Gasteiger charge is 2.24. The zero-order valence-electron chi connectivity index (χ0n) is 24.6. The standard InChI is InChI=1S/C29H60NO5P/c1-6-8-9-10-11-12-13-14-15-16-17-18-19-20-21-23-28(26-29(31)7-2)27-35-36(32,33)34-25-22-24-30(3,4)5/h28H,6-27H2,1-5H3/p+1. The summed E-state index contributed by atoms with van der Waals surface area (Å²) in [4.78, 5) is 22.0. The fraction of sp³-hybridized carbons (Fsp3) is 0.966. The lowest BCUT2D eigenvalue weighted by atomic mass is 9.95. The van der Waals surface area contributed by atoms with Gasteiger partial charge in [0.2, 0.25) is 0 Å². The number of ketones is 1. The first-order valence-electron chi connectivity index (χ1n) is 15.0. The highest BCUT2D eigenvalue weighted by Crippen LogP contribution is 2.44. The van der Waals surface area contributed by atoms with Crippen molar-refractivity contribution in [3.8, 4) is 0 Å². The molecule has 36 heavy (non-hydrogen) atoms. The molecule has 1 N–H and O–H groups in total. The zero-order valence-corrected chi connectivity index (χ0v) is 25.5. The van der Waals surface area contributed by atoms with Crippen LogP contribution in [0.2, 0.25) is 0 Å². The number of quaternary nitrogens is 1. The van der Waals surface area contributed by atoms with Gasteiger partial charge in [-0.3, -0.25) is 13.8 Å². The van der Waals surface area contributed by atoms with Crippen LogP contribution in [0.3, 0.4) is 0 Å². The summed E-state index contributed by atoms with van der Waals surface area (Å²) in [6, 6.07) is 0. The van der Waals surface area contributed by atoms with Crippen LogP contribution in [0.25, 0.3) is 0 Å². The smallest absolute Gasteiger partial charge is 0.331 e. The van der Waals surface area contributed by atoms with Gasteiger partial charge in [0.15, 0.2) is 0 Å². The molecule has 0 saturated heterocycles. The normalized spacial score (nSPS) is 14.6. The number of nitrogens with zero attached hydrogens (tertiary/aromatic N) is 1. The second kappa shape index (κ2) is 22.7. The topological polar surface area (TPSA) is 72.8 Å². The molecule has 0 heterocycles. The molecule has 0 saturated carbocycles. The van der Waals surface area contributed by atoms with E-state index in [2.05, 4.69) is 28.1 Å². The molecule has 0 aromatic carbocycles. The fourth-order valence-electron chi connectivity index (χ4n) is 4.47. The third-order valence-corrected chi connectivity index (χ3v) is 7.81. The molecule has 2 unspecified atom stereocenters. The zero-order chi connectivity index (χ0) is 27.1. The monoisotopic (exact) mass is 534 g/mol. The van der Waals surface area contributed by atoms with Crippen molar-refractivity contribution in [1.29, 1.82) is 0 Å². The lowest BCUT2D eigenvalue weighted by Crippen LogP contribution is -2.35. The Labute approximate surface area is 224 Å². The second-order valence-corrected chi connectivity index (χ2v) is 13.1. The first kappa shape index (κ1) is 35.7. The number of carbonyl (C=O) groups excluding carboxylic acids is 1. The maximum atomic E-state index is 12.2. The van der Waals surface area contributed by atoms with E-state index in [-0.39, 0.29) is 24.9 Å². The van der Waals surface area contributed by atoms with Gasteiger partial charge in [-0.25, -0.2) is 4.57 Å². The molecule has 0 amide bonds. The van der Waals surface area contributed by atoms with Crippen molar-refractivity contribution >= 4 is 13.6 Å². The van der Waals surface area contributed by atoms with E-state index in [4.69, 9.17) is 9.05 Å². The Morgan fingerprint density at radius 1 is 0.750 bits per heavy atom. The minimum Gasteiger partial charge on any atom is -0.331 e. The molecule has 216 valence electrons. The minimum atomic E-state index is -4.07. The van der Waals surface area contributed by atoms with Crippen molar-refractivity contribution in [2.45, 2.75) is 136 Å². The third kappa shape index (κ3) is 25.4. The maximum Gasteiger partial charge on any atom is 0.472 e. The summed E-state index contributed by atoms with van der Waals surface area (Å²) in [6.07, 6.45) is 22.3. The number of hydrogen-bond acceptors (Lipinski definition) is 4. The first-order valence-corrected chi connectivity index (χ1v) is 16.5. The van der Waals surface area contributed by atoms with E-state index in [1.165, 1.54) is 83.5 Å². The van der Waals surface area contributed by atoms with Gasteiger partial charge in [0.05, 0.1) is 40.9 Å². The van der Waals surface area contributed by atoms with E-state index in [0.717, 1.165) is 30.3 Å². The Kier molecular flexibility index (Phi) is 22.5. The van der Waals surface area contributed by atoms with Gasteiger partial charge in [-0.05, 0) is 12.3 Å². The molecule has 0 aliphatic rings. The molecular weight excluding hydrogens is 473 g/mol. The predicted molar refractivity (Wildman–Crippen MR) is 152 cm³/mol. The summed E-state index contributed by atoms with van der Waals surface area (Å²) >= 11 is 0. The van der Waals surface area contributed by atoms with Gasteiger partial charge in [-0.1, -0.05) is 110 Å². The summed E-state index contributed by atoms with van der Waals surface area (Å²) in [5.74, 6) is 0.163. The second-order valence-electron chi connectivity index (χ2n) is 11.7. The largest absolute Gasteiger partial charge is 0.472 e. The maximum absolute atomic E-state index is 12.2. The lowest BCUT2D eigenvalue weighted by molar-refractivity contribution is -0.870. The fourth-order valence-corrected chi connectivity index (χ4v) is 5.30. The Morgan fingerprint density at radius 3 is 1.67 bits per heavy atom. The number of rotatable bonds is 27. The molecule has 0 aromatic heterocycles. The molecule has 0 fully saturated rings. The Morgan fingerprint density at radius 2 is 1.22 bits per heavy atom. The van der Waals surface area contributed by atoms with Crippen molar-refractivity contribution < 1.29 is 27.8 Å². The van der Waals surface area contributed by atoms with Gasteiger partial charge in [-0.2, -0.15) is 0 Å². The van der Waals surface area contributed by atoms with Crippen molar-refractivity contribution in [3.63, 3.8) is 0 Å². The van der Waals surface area contributed by atoms with Crippen LogP contribution in [0.5, 0.6) is 0 Å². The molecule has 0 aliphatic heterocycles. The quantitative estimate of drug-likeness (QED) is 0.0650. The van der Waals surface area contributed by atoms with Crippen LogP contribution in [-0.4, -0.2) is 56.1 Å². The number of hydrogen-bond donors (Lipinski definition) is 1. The summed E-state index contributed by atoms with van der Waals surface area (Å²) in [5, 5.41) is 0. The van der Waals surface area contributed by atoms with E-state index in [0.29, 0.717) is 19.3 Å². The summed E-state index contributed by atoms with van der Waals surface area (Å²) in [6.45, 7) is 5.29. The molecule has 0 aliphatic carbocycles. The van der Waals surface area contributed by atoms with Crippen LogP contribution < -0.4 is 0 Å². The lowest BCUT2D eigenvalue weighted by Gasteiger charge is -2.24. The van der Waals surface area contributed by atoms with Crippen molar-refractivity contribution in [2.75, 3.05) is 40.9 Å². The van der Waals surface area contributed by atoms with E-state index >= 15 is 0 Å². The molecule has 0 bridgehead atoms. The number of phosphoric ester groups is 1. The molecule has 2 atom stereocenters. The van der Waals surface area contributed by atoms with E-state index in [9.17, 15) is 14.3 Å². The predicted octanol–water partition coefficient (Wildman–Crippen LogP) is 8.46. The van der Waals surface area contributed by atoms with Gasteiger partial charge in [0.1, 0.15) is 5.78 Å². The SMILES string of the molecule is CCCCCCCCCCCCCCCCCC(COP(=O)(O)OCCC[N+](C)(C)C)CC(=O)CC. The number of unbranched alkanes of at least 4 members (excludes halogenated alkanes) is 14. The van der Waals surface area contributed by atoms with Crippen LogP contribution >= 0.6 is 7.82 Å². The molecule has 0 spiro atoms. The Hall–Kier alpha value is -0.260. The molecule has 0 rings (SSSR count). The van der Waals surface area contributed by atoms with Crippen molar-refractivity contribution in [3.05, 3.63) is 0 Å². The van der Waals surface area contributed by atoms with E-state index < -0.39 is 7.82 Å². The average Bonchev–Trinajstić information content (AvgIpc) is 2.82. The molecular formula is C29H61NO5P+. The van der Waals surface area contributed by atoms with Crippen LogP contribution in [-0.2, 0) is 18.4 Å². The summed E-state index contributed by atoms with van der Waals surface area (Å²) < 4.78 is 23.4. The number of carbonyl (C=O) groups is 1. The van der Waals surface area contributed by atoms with Gasteiger partial charge in [-0.15, -0.1) is 0 Å². The van der Waals surface area contributed by atoms with Crippen LogP contribution in [0.15, 0.2) is 0 Å². The van der Waals surface area contributed by atoms with Gasteiger partial charge >= 0.3 is 7.82 Å². The van der Waals surface area contributed by atoms with Crippen LogP contribution in [0, 0.1) is 5.92 Å². The van der Waals surface area contributed by atoms with E-state index in [1.807, 2.05) is 6.92 Å². The molecule has 0 radical (unpaired) electrons. The van der Waals surface area contributed by atoms with Gasteiger partial charge < -0.3 is 9.38 Å².